The average molecular weight is 339 g/mol. The summed E-state index contributed by atoms with van der Waals surface area (Å²) in [5.74, 6) is 0.709. The Labute approximate surface area is 129 Å². The van der Waals surface area contributed by atoms with Gasteiger partial charge in [0.15, 0.2) is 0 Å². The molecule has 1 atom stereocenters. The minimum Gasteiger partial charge on any atom is -0.381 e. The topological polar surface area (TPSA) is 24.5 Å². The van der Waals surface area contributed by atoms with Gasteiger partial charge in [-0.3, -0.25) is 4.90 Å². The minimum atomic E-state index is 0.525. The summed E-state index contributed by atoms with van der Waals surface area (Å²) in [4.78, 5) is 2.66. The van der Waals surface area contributed by atoms with E-state index in [0.29, 0.717) is 12.0 Å². The van der Waals surface area contributed by atoms with Gasteiger partial charge in [0.25, 0.3) is 0 Å². The van der Waals surface area contributed by atoms with Crippen molar-refractivity contribution in [3.63, 3.8) is 0 Å². The van der Waals surface area contributed by atoms with Crippen molar-refractivity contribution >= 4 is 15.9 Å². The molecule has 2 heterocycles. The molecule has 0 aliphatic carbocycles. The smallest absolute Gasteiger partial charge is 0.0469 e. The van der Waals surface area contributed by atoms with Gasteiger partial charge in [-0.2, -0.15) is 0 Å². The van der Waals surface area contributed by atoms with Crippen LogP contribution in [0.2, 0.25) is 0 Å². The number of rotatable bonds is 3. The van der Waals surface area contributed by atoms with Gasteiger partial charge in [0.05, 0.1) is 0 Å². The fraction of sp³-hybridized carbons (Fsp3) is 0.625. The van der Waals surface area contributed by atoms with Gasteiger partial charge in [0.1, 0.15) is 0 Å². The maximum atomic E-state index is 5.56. The Morgan fingerprint density at radius 1 is 1.15 bits per heavy atom. The van der Waals surface area contributed by atoms with E-state index in [9.17, 15) is 0 Å². The molecule has 0 spiro atoms. The first-order valence-corrected chi connectivity index (χ1v) is 8.42. The summed E-state index contributed by atoms with van der Waals surface area (Å²) in [6.45, 7) is 6.32. The summed E-state index contributed by atoms with van der Waals surface area (Å²) < 4.78 is 6.81. The second-order valence-corrected chi connectivity index (χ2v) is 6.56. The molecular weight excluding hydrogens is 316 g/mol. The molecular formula is C16H23BrN2O. The van der Waals surface area contributed by atoms with Gasteiger partial charge in [-0.1, -0.05) is 34.1 Å². The van der Waals surface area contributed by atoms with E-state index >= 15 is 0 Å². The molecule has 2 aliphatic heterocycles. The Bertz CT molecular complexity index is 410. The zero-order valence-electron chi connectivity index (χ0n) is 11.9. The van der Waals surface area contributed by atoms with Crippen LogP contribution in [0.3, 0.4) is 0 Å². The van der Waals surface area contributed by atoms with E-state index in [1.165, 1.54) is 22.9 Å². The van der Waals surface area contributed by atoms with Crippen LogP contribution in [0.5, 0.6) is 0 Å². The van der Waals surface area contributed by atoms with Crippen molar-refractivity contribution in [1.82, 2.24) is 10.2 Å². The molecule has 2 saturated heterocycles. The van der Waals surface area contributed by atoms with Gasteiger partial charge in [-0.15, -0.1) is 0 Å². The number of nitrogens with zero attached hydrogens (tertiary/aromatic N) is 1. The number of benzene rings is 1. The van der Waals surface area contributed by atoms with Gasteiger partial charge in [-0.25, -0.2) is 0 Å². The summed E-state index contributed by atoms with van der Waals surface area (Å²) in [6, 6.07) is 9.24. The van der Waals surface area contributed by atoms with Crippen molar-refractivity contribution in [3.8, 4) is 0 Å². The monoisotopic (exact) mass is 338 g/mol. The van der Waals surface area contributed by atoms with E-state index in [2.05, 4.69) is 50.4 Å². The Balaban J connectivity index is 1.87. The lowest BCUT2D eigenvalue weighted by Gasteiger charge is -2.41. The molecule has 2 fully saturated rings. The molecule has 0 aromatic heterocycles. The van der Waals surface area contributed by atoms with Crippen LogP contribution in [-0.4, -0.2) is 44.3 Å². The standard InChI is InChI=1S/C16H23BrN2O/c17-15-4-2-1-3-14(15)16(13-5-11-20-12-6-13)19-9-7-18-8-10-19/h1-4,13,16,18H,5-12H2/t16-/m1/s1. The maximum absolute atomic E-state index is 5.56. The summed E-state index contributed by atoms with van der Waals surface area (Å²) in [5, 5.41) is 3.46. The van der Waals surface area contributed by atoms with E-state index in [1.807, 2.05) is 0 Å². The molecule has 3 rings (SSSR count). The third kappa shape index (κ3) is 3.25. The third-order valence-corrected chi connectivity index (χ3v) is 5.20. The van der Waals surface area contributed by atoms with Crippen LogP contribution in [0, 0.1) is 5.92 Å². The maximum Gasteiger partial charge on any atom is 0.0469 e. The zero-order valence-corrected chi connectivity index (χ0v) is 13.4. The summed E-state index contributed by atoms with van der Waals surface area (Å²) in [7, 11) is 0. The van der Waals surface area contributed by atoms with E-state index in [0.717, 1.165) is 39.4 Å². The highest BCUT2D eigenvalue weighted by molar-refractivity contribution is 9.10. The fourth-order valence-corrected chi connectivity index (χ4v) is 3.97. The van der Waals surface area contributed by atoms with Crippen LogP contribution in [0.25, 0.3) is 0 Å². The predicted octanol–water partition coefficient (Wildman–Crippen LogP) is 2.82. The van der Waals surface area contributed by atoms with Crippen molar-refractivity contribution in [2.45, 2.75) is 18.9 Å². The van der Waals surface area contributed by atoms with Crippen LogP contribution in [0.15, 0.2) is 28.7 Å². The van der Waals surface area contributed by atoms with Crippen molar-refractivity contribution < 1.29 is 4.74 Å². The van der Waals surface area contributed by atoms with Gasteiger partial charge in [0.2, 0.25) is 0 Å². The van der Waals surface area contributed by atoms with Crippen molar-refractivity contribution in [2.75, 3.05) is 39.4 Å². The summed E-state index contributed by atoms with van der Waals surface area (Å²) in [6.07, 6.45) is 2.35. The number of halogens is 1. The van der Waals surface area contributed by atoms with E-state index in [4.69, 9.17) is 4.74 Å². The van der Waals surface area contributed by atoms with Gasteiger partial charge >= 0.3 is 0 Å². The number of hydrogen-bond donors (Lipinski definition) is 1. The van der Waals surface area contributed by atoms with Crippen LogP contribution in [-0.2, 0) is 4.74 Å². The number of nitrogens with one attached hydrogen (secondary N) is 1. The van der Waals surface area contributed by atoms with E-state index in [1.54, 1.807) is 0 Å². The molecule has 0 bridgehead atoms. The molecule has 4 heteroatoms. The number of hydrogen-bond acceptors (Lipinski definition) is 3. The highest BCUT2D eigenvalue weighted by Crippen LogP contribution is 2.38. The molecule has 3 nitrogen and oxygen atoms in total. The second-order valence-electron chi connectivity index (χ2n) is 5.70. The average Bonchev–Trinajstić information content (AvgIpc) is 2.52. The molecule has 20 heavy (non-hydrogen) atoms. The molecule has 1 aromatic rings. The molecule has 0 radical (unpaired) electrons. The van der Waals surface area contributed by atoms with Crippen LogP contribution in [0.1, 0.15) is 24.4 Å². The molecule has 1 aromatic carbocycles. The first-order chi connectivity index (χ1) is 9.86. The van der Waals surface area contributed by atoms with Crippen molar-refractivity contribution in [1.29, 1.82) is 0 Å². The number of piperazine rings is 1. The van der Waals surface area contributed by atoms with E-state index in [-0.39, 0.29) is 0 Å². The van der Waals surface area contributed by atoms with Crippen LogP contribution in [0.4, 0.5) is 0 Å². The fourth-order valence-electron chi connectivity index (χ4n) is 3.46. The second kappa shape index (κ2) is 7.03. The zero-order chi connectivity index (χ0) is 13.8. The highest BCUT2D eigenvalue weighted by Gasteiger charge is 2.32. The molecule has 110 valence electrons. The summed E-state index contributed by atoms with van der Waals surface area (Å²) in [5.41, 5.74) is 1.45. The van der Waals surface area contributed by atoms with Crippen molar-refractivity contribution in [2.24, 2.45) is 5.92 Å². The molecule has 0 amide bonds. The van der Waals surface area contributed by atoms with Gasteiger partial charge < -0.3 is 10.1 Å². The summed E-state index contributed by atoms with van der Waals surface area (Å²) >= 11 is 3.76. The lowest BCUT2D eigenvalue weighted by Crippen LogP contribution is -2.47. The first kappa shape index (κ1) is 14.5. The first-order valence-electron chi connectivity index (χ1n) is 7.63. The van der Waals surface area contributed by atoms with Gasteiger partial charge in [0, 0.05) is 49.9 Å². The largest absolute Gasteiger partial charge is 0.381 e. The van der Waals surface area contributed by atoms with Crippen molar-refractivity contribution in [3.05, 3.63) is 34.3 Å². The minimum absolute atomic E-state index is 0.525. The Hall–Kier alpha value is -0.420. The highest BCUT2D eigenvalue weighted by atomic mass is 79.9. The Kier molecular flexibility index (Phi) is 5.10. The molecule has 0 unspecified atom stereocenters. The normalized spacial score (nSPS) is 23.6. The Morgan fingerprint density at radius 3 is 2.55 bits per heavy atom. The van der Waals surface area contributed by atoms with E-state index < -0.39 is 0 Å². The molecule has 0 saturated carbocycles. The quantitative estimate of drug-likeness (QED) is 0.917. The lowest BCUT2D eigenvalue weighted by atomic mass is 9.85. The van der Waals surface area contributed by atoms with Crippen LogP contribution >= 0.6 is 15.9 Å². The third-order valence-electron chi connectivity index (χ3n) is 4.48. The van der Waals surface area contributed by atoms with Crippen LogP contribution < -0.4 is 5.32 Å². The van der Waals surface area contributed by atoms with Gasteiger partial charge in [-0.05, 0) is 30.4 Å². The lowest BCUT2D eigenvalue weighted by molar-refractivity contribution is 0.0211. The predicted molar refractivity (Wildman–Crippen MR) is 84.9 cm³/mol. The Morgan fingerprint density at radius 2 is 1.85 bits per heavy atom. The molecule has 1 N–H and O–H groups in total. The number of ether oxygens (including phenoxy) is 1. The molecule has 2 aliphatic rings. The SMILES string of the molecule is Brc1ccccc1[C@@H](C1CCOCC1)N1CCNCC1.